The number of nitrogens with zero attached hydrogens (tertiary/aromatic N) is 1. The summed E-state index contributed by atoms with van der Waals surface area (Å²) in [5.41, 5.74) is 1.26. The molecule has 0 saturated carbocycles. The molecule has 2 nitrogen and oxygen atoms in total. The van der Waals surface area contributed by atoms with Gasteiger partial charge < -0.3 is 4.84 Å². The summed E-state index contributed by atoms with van der Waals surface area (Å²) in [6.45, 7) is 4.28. The lowest BCUT2D eigenvalue weighted by Crippen LogP contribution is -2.01. The lowest BCUT2D eigenvalue weighted by atomic mass is 10.1. The van der Waals surface area contributed by atoms with Crippen molar-refractivity contribution in [2.24, 2.45) is 5.16 Å². The summed E-state index contributed by atoms with van der Waals surface area (Å²) in [5.74, 6) is 0. The van der Waals surface area contributed by atoms with E-state index in [9.17, 15) is 0 Å². The molecule has 0 bridgehead atoms. The van der Waals surface area contributed by atoms with Gasteiger partial charge in [-0.1, -0.05) is 24.9 Å². The quantitative estimate of drug-likeness (QED) is 0.572. The van der Waals surface area contributed by atoms with Crippen molar-refractivity contribution < 1.29 is 4.84 Å². The summed E-state index contributed by atoms with van der Waals surface area (Å²) in [5, 5.41) is 4.01. The second-order valence-electron chi connectivity index (χ2n) is 3.23. The van der Waals surface area contributed by atoms with Gasteiger partial charge in [-0.2, -0.15) is 0 Å². The third kappa shape index (κ3) is 2.91. The molecule has 0 aromatic carbocycles. The highest BCUT2D eigenvalue weighted by Crippen LogP contribution is 2.13. The van der Waals surface area contributed by atoms with Crippen LogP contribution in [0.3, 0.4) is 0 Å². The molecule has 0 aliphatic carbocycles. The molecule has 1 heterocycles. The molecule has 0 fully saturated rings. The molecule has 0 radical (unpaired) electrons. The number of unbranched alkanes of at least 4 members (excludes halogenated alkanes) is 2. The fourth-order valence-corrected chi connectivity index (χ4v) is 1.30. The average molecular weight is 155 g/mol. The first kappa shape index (κ1) is 8.57. The van der Waals surface area contributed by atoms with E-state index in [-0.39, 0.29) is 0 Å². The van der Waals surface area contributed by atoms with Crippen LogP contribution >= 0.6 is 0 Å². The van der Waals surface area contributed by atoms with E-state index in [2.05, 4.69) is 19.0 Å². The summed E-state index contributed by atoms with van der Waals surface area (Å²) in [6, 6.07) is 0. The second kappa shape index (κ2) is 4.37. The van der Waals surface area contributed by atoms with E-state index in [4.69, 9.17) is 4.84 Å². The minimum Gasteiger partial charge on any atom is -0.392 e. The molecular formula is C9H17NO. The van der Waals surface area contributed by atoms with Gasteiger partial charge in [0.05, 0.1) is 5.71 Å². The maximum absolute atomic E-state index is 5.08. The van der Waals surface area contributed by atoms with Gasteiger partial charge in [0, 0.05) is 6.42 Å². The zero-order valence-electron chi connectivity index (χ0n) is 7.47. The van der Waals surface area contributed by atoms with Gasteiger partial charge in [-0.3, -0.25) is 0 Å². The van der Waals surface area contributed by atoms with Crippen LogP contribution in [0, 0.1) is 0 Å². The molecule has 0 N–H and O–H groups in total. The minimum atomic E-state index is 0.326. The standard InChI is InChI=1S/C9H17NO/c1-3-4-5-6-9-7-8(2)11-10-9/h8H,3-7H2,1-2H3/t8-/m1/s1. The first-order valence-corrected chi connectivity index (χ1v) is 4.54. The molecule has 1 atom stereocenters. The molecule has 0 saturated heterocycles. The lowest BCUT2D eigenvalue weighted by Gasteiger charge is -1.97. The normalized spacial score (nSPS) is 23.1. The zero-order valence-corrected chi connectivity index (χ0v) is 7.47. The van der Waals surface area contributed by atoms with Crippen LogP contribution in [0.2, 0.25) is 0 Å². The maximum Gasteiger partial charge on any atom is 0.130 e. The summed E-state index contributed by atoms with van der Waals surface area (Å²) in [6.07, 6.45) is 6.37. The molecule has 0 amide bonds. The van der Waals surface area contributed by atoms with Crippen molar-refractivity contribution in [2.45, 2.75) is 52.1 Å². The van der Waals surface area contributed by atoms with Gasteiger partial charge in [-0.25, -0.2) is 0 Å². The Bertz CT molecular complexity index is 142. The zero-order chi connectivity index (χ0) is 8.10. The lowest BCUT2D eigenvalue weighted by molar-refractivity contribution is 0.0995. The van der Waals surface area contributed by atoms with Crippen LogP contribution in [-0.4, -0.2) is 11.8 Å². The van der Waals surface area contributed by atoms with E-state index in [1.165, 1.54) is 25.0 Å². The van der Waals surface area contributed by atoms with E-state index in [0.717, 1.165) is 12.8 Å². The van der Waals surface area contributed by atoms with E-state index < -0.39 is 0 Å². The van der Waals surface area contributed by atoms with Crippen LogP contribution in [0.25, 0.3) is 0 Å². The first-order chi connectivity index (χ1) is 5.33. The highest BCUT2D eigenvalue weighted by atomic mass is 16.6. The smallest absolute Gasteiger partial charge is 0.130 e. The van der Waals surface area contributed by atoms with Crippen molar-refractivity contribution in [2.75, 3.05) is 0 Å². The Morgan fingerprint density at radius 3 is 2.91 bits per heavy atom. The Morgan fingerprint density at radius 1 is 1.55 bits per heavy atom. The number of hydrogen-bond acceptors (Lipinski definition) is 2. The molecule has 0 aromatic heterocycles. The van der Waals surface area contributed by atoms with Crippen molar-refractivity contribution >= 4 is 5.71 Å². The van der Waals surface area contributed by atoms with Crippen LogP contribution in [0.4, 0.5) is 0 Å². The molecule has 1 aliphatic heterocycles. The molecule has 2 heteroatoms. The van der Waals surface area contributed by atoms with Crippen molar-refractivity contribution in [3.05, 3.63) is 0 Å². The Kier molecular flexibility index (Phi) is 3.40. The Morgan fingerprint density at radius 2 is 2.36 bits per heavy atom. The van der Waals surface area contributed by atoms with E-state index in [1.807, 2.05) is 0 Å². The summed E-state index contributed by atoms with van der Waals surface area (Å²) in [4.78, 5) is 5.08. The molecule has 1 rings (SSSR count). The van der Waals surface area contributed by atoms with Gasteiger partial charge in [0.1, 0.15) is 6.10 Å². The molecule has 0 aromatic rings. The van der Waals surface area contributed by atoms with Crippen LogP contribution in [0.5, 0.6) is 0 Å². The van der Waals surface area contributed by atoms with E-state index >= 15 is 0 Å². The van der Waals surface area contributed by atoms with Crippen molar-refractivity contribution in [3.63, 3.8) is 0 Å². The number of oxime groups is 1. The highest BCUT2D eigenvalue weighted by molar-refractivity contribution is 5.85. The SMILES string of the molecule is CCCCCC1=NO[C@H](C)C1. The van der Waals surface area contributed by atoms with E-state index in [0.29, 0.717) is 6.10 Å². The Hall–Kier alpha value is -0.530. The first-order valence-electron chi connectivity index (χ1n) is 4.54. The van der Waals surface area contributed by atoms with Gasteiger partial charge >= 0.3 is 0 Å². The summed E-state index contributed by atoms with van der Waals surface area (Å²) < 4.78 is 0. The predicted octanol–water partition coefficient (Wildman–Crippen LogP) is 2.73. The van der Waals surface area contributed by atoms with Gasteiger partial charge in [0.25, 0.3) is 0 Å². The van der Waals surface area contributed by atoms with Crippen LogP contribution in [0.1, 0.15) is 46.0 Å². The topological polar surface area (TPSA) is 21.6 Å². The van der Waals surface area contributed by atoms with Crippen molar-refractivity contribution in [1.82, 2.24) is 0 Å². The third-order valence-electron chi connectivity index (χ3n) is 1.95. The molecule has 0 spiro atoms. The monoisotopic (exact) mass is 155 g/mol. The Balaban J connectivity index is 2.08. The van der Waals surface area contributed by atoms with Gasteiger partial charge in [0.2, 0.25) is 0 Å². The van der Waals surface area contributed by atoms with Gasteiger partial charge in [0.15, 0.2) is 0 Å². The Labute approximate surface area is 68.6 Å². The number of hydrogen-bond donors (Lipinski definition) is 0. The fraction of sp³-hybridized carbons (Fsp3) is 0.889. The van der Waals surface area contributed by atoms with Crippen molar-refractivity contribution in [1.29, 1.82) is 0 Å². The molecule has 11 heavy (non-hydrogen) atoms. The second-order valence-corrected chi connectivity index (χ2v) is 3.23. The maximum atomic E-state index is 5.08. The molecule has 0 unspecified atom stereocenters. The number of rotatable bonds is 4. The molecule has 1 aliphatic rings. The highest BCUT2D eigenvalue weighted by Gasteiger charge is 2.14. The van der Waals surface area contributed by atoms with Crippen molar-refractivity contribution in [3.8, 4) is 0 Å². The van der Waals surface area contributed by atoms with Crippen LogP contribution in [-0.2, 0) is 4.84 Å². The fourth-order valence-electron chi connectivity index (χ4n) is 1.30. The van der Waals surface area contributed by atoms with Crippen LogP contribution in [0.15, 0.2) is 5.16 Å². The predicted molar refractivity (Wildman–Crippen MR) is 46.7 cm³/mol. The third-order valence-corrected chi connectivity index (χ3v) is 1.95. The molecule has 64 valence electrons. The van der Waals surface area contributed by atoms with Gasteiger partial charge in [-0.05, 0) is 19.8 Å². The summed E-state index contributed by atoms with van der Waals surface area (Å²) >= 11 is 0. The van der Waals surface area contributed by atoms with Crippen LogP contribution < -0.4 is 0 Å². The summed E-state index contributed by atoms with van der Waals surface area (Å²) in [7, 11) is 0. The largest absolute Gasteiger partial charge is 0.392 e. The van der Waals surface area contributed by atoms with E-state index in [1.54, 1.807) is 0 Å². The minimum absolute atomic E-state index is 0.326. The average Bonchev–Trinajstić information content (AvgIpc) is 2.37. The van der Waals surface area contributed by atoms with Gasteiger partial charge in [-0.15, -0.1) is 0 Å². The molecular weight excluding hydrogens is 138 g/mol.